The van der Waals surface area contributed by atoms with Gasteiger partial charge < -0.3 is 23.7 Å². The molecule has 0 radical (unpaired) electrons. The monoisotopic (exact) mass is 536 g/mol. The quantitative estimate of drug-likeness (QED) is 0.156. The Morgan fingerprint density at radius 2 is 1.55 bits per heavy atom. The standard InChI is InChI=1S/C32H56O6/c1-10-19-37-28(11-2)20-30(34-8)24(5)17-18-29(38-32(33)23(3)4)26(7)31(35-9)25(6)21-36-22-27-15-13-12-14-16-27/h12-16,23-26,28-31H,10-11,17-22H2,1-9H3/t24-,25+,26-,28+,29+,30-,31+/m0/s1. The number of ether oxygens (including phenoxy) is 5. The highest BCUT2D eigenvalue weighted by Crippen LogP contribution is 2.29. The van der Waals surface area contributed by atoms with Crippen molar-refractivity contribution in [3.8, 4) is 0 Å². The first-order chi connectivity index (χ1) is 18.2. The van der Waals surface area contributed by atoms with Crippen LogP contribution in [0.5, 0.6) is 0 Å². The minimum absolute atomic E-state index is 0.0162. The van der Waals surface area contributed by atoms with Crippen molar-refractivity contribution in [2.75, 3.05) is 27.4 Å². The van der Waals surface area contributed by atoms with E-state index in [1.54, 1.807) is 14.2 Å². The van der Waals surface area contributed by atoms with E-state index in [1.807, 2.05) is 32.0 Å². The molecule has 0 N–H and O–H groups in total. The van der Waals surface area contributed by atoms with Crippen molar-refractivity contribution < 1.29 is 28.5 Å². The average molecular weight is 537 g/mol. The Bertz CT molecular complexity index is 724. The van der Waals surface area contributed by atoms with Gasteiger partial charge in [0, 0.05) is 32.7 Å². The number of benzene rings is 1. The van der Waals surface area contributed by atoms with Crippen LogP contribution in [0.1, 0.15) is 86.1 Å². The van der Waals surface area contributed by atoms with Gasteiger partial charge in [-0.2, -0.15) is 0 Å². The number of methoxy groups -OCH3 is 2. The van der Waals surface area contributed by atoms with E-state index in [2.05, 4.69) is 46.8 Å². The molecule has 0 bridgehead atoms. The second kappa shape index (κ2) is 19.6. The van der Waals surface area contributed by atoms with Crippen molar-refractivity contribution in [3.63, 3.8) is 0 Å². The van der Waals surface area contributed by atoms with E-state index in [1.165, 1.54) is 0 Å². The molecular formula is C32H56O6. The summed E-state index contributed by atoms with van der Waals surface area (Å²) in [5, 5.41) is 0. The van der Waals surface area contributed by atoms with Gasteiger partial charge in [-0.3, -0.25) is 4.79 Å². The molecule has 0 aromatic heterocycles. The highest BCUT2D eigenvalue weighted by molar-refractivity contribution is 5.71. The third-order valence-corrected chi connectivity index (χ3v) is 7.52. The number of esters is 1. The smallest absolute Gasteiger partial charge is 0.308 e. The second-order valence-electron chi connectivity index (χ2n) is 11.1. The molecule has 0 saturated heterocycles. The molecule has 220 valence electrons. The van der Waals surface area contributed by atoms with Crippen LogP contribution in [-0.4, -0.2) is 57.8 Å². The molecule has 38 heavy (non-hydrogen) atoms. The summed E-state index contributed by atoms with van der Waals surface area (Å²) in [4.78, 5) is 12.7. The maximum atomic E-state index is 12.7. The number of rotatable bonds is 21. The molecule has 1 aromatic carbocycles. The largest absolute Gasteiger partial charge is 0.462 e. The van der Waals surface area contributed by atoms with E-state index in [4.69, 9.17) is 23.7 Å². The Balaban J connectivity index is 2.83. The molecule has 7 atom stereocenters. The van der Waals surface area contributed by atoms with Gasteiger partial charge in [-0.05, 0) is 43.6 Å². The highest BCUT2D eigenvalue weighted by atomic mass is 16.5. The maximum Gasteiger partial charge on any atom is 0.308 e. The average Bonchev–Trinajstić information content (AvgIpc) is 2.91. The zero-order chi connectivity index (χ0) is 28.5. The third kappa shape index (κ3) is 12.6. The summed E-state index contributed by atoms with van der Waals surface area (Å²) in [5.74, 6) is 0.119. The Labute approximate surface area is 233 Å². The summed E-state index contributed by atoms with van der Waals surface area (Å²) in [6, 6.07) is 10.2. The molecule has 0 aliphatic heterocycles. The summed E-state index contributed by atoms with van der Waals surface area (Å²) in [6.07, 6.45) is 4.45. The van der Waals surface area contributed by atoms with Gasteiger partial charge in [-0.25, -0.2) is 0 Å². The SMILES string of the molecule is CCCO[C@H](CC)C[C@H](OC)[C@@H](C)CC[C@@H](OC(=O)C(C)C)[C@H](C)[C@H](OC)[C@H](C)COCc1ccccc1. The topological polar surface area (TPSA) is 63.2 Å². The minimum Gasteiger partial charge on any atom is -0.462 e. The van der Waals surface area contributed by atoms with Gasteiger partial charge in [-0.1, -0.05) is 78.8 Å². The predicted molar refractivity (Wildman–Crippen MR) is 154 cm³/mol. The lowest BCUT2D eigenvalue weighted by molar-refractivity contribution is -0.160. The molecule has 1 rings (SSSR count). The van der Waals surface area contributed by atoms with Crippen LogP contribution in [0.3, 0.4) is 0 Å². The molecule has 0 amide bonds. The van der Waals surface area contributed by atoms with Gasteiger partial charge in [0.15, 0.2) is 0 Å². The molecule has 6 heteroatoms. The number of carbonyl (C=O) groups excluding carboxylic acids is 1. The molecule has 0 aliphatic carbocycles. The maximum absolute atomic E-state index is 12.7. The first kappa shape index (κ1) is 34.6. The van der Waals surface area contributed by atoms with Crippen molar-refractivity contribution in [3.05, 3.63) is 35.9 Å². The third-order valence-electron chi connectivity index (χ3n) is 7.52. The molecular weight excluding hydrogens is 480 g/mol. The normalized spacial score (nSPS) is 17.4. The highest BCUT2D eigenvalue weighted by Gasteiger charge is 2.34. The molecule has 0 aliphatic rings. The zero-order valence-electron chi connectivity index (χ0n) is 25.6. The van der Waals surface area contributed by atoms with E-state index >= 15 is 0 Å². The van der Waals surface area contributed by atoms with Crippen LogP contribution >= 0.6 is 0 Å². The van der Waals surface area contributed by atoms with E-state index in [9.17, 15) is 4.79 Å². The van der Waals surface area contributed by atoms with Gasteiger partial charge >= 0.3 is 5.97 Å². The molecule has 0 heterocycles. The number of hydrogen-bond acceptors (Lipinski definition) is 6. The van der Waals surface area contributed by atoms with Crippen LogP contribution in [0.25, 0.3) is 0 Å². The molecule has 0 spiro atoms. The lowest BCUT2D eigenvalue weighted by Crippen LogP contribution is -2.40. The van der Waals surface area contributed by atoms with Crippen LogP contribution in [0.4, 0.5) is 0 Å². The molecule has 6 nitrogen and oxygen atoms in total. The molecule has 1 aromatic rings. The van der Waals surface area contributed by atoms with E-state index in [0.29, 0.717) is 19.1 Å². The van der Waals surface area contributed by atoms with E-state index in [0.717, 1.165) is 44.3 Å². The second-order valence-corrected chi connectivity index (χ2v) is 11.1. The van der Waals surface area contributed by atoms with Gasteiger partial charge in [0.25, 0.3) is 0 Å². The van der Waals surface area contributed by atoms with Crippen molar-refractivity contribution in [1.82, 2.24) is 0 Å². The Morgan fingerprint density at radius 3 is 2.11 bits per heavy atom. The fraction of sp³-hybridized carbons (Fsp3) is 0.781. The first-order valence-corrected chi connectivity index (χ1v) is 14.7. The van der Waals surface area contributed by atoms with Crippen LogP contribution in [0, 0.1) is 23.7 Å². The number of hydrogen-bond donors (Lipinski definition) is 0. The molecule has 0 fully saturated rings. The Kier molecular flexibility index (Phi) is 17.8. The van der Waals surface area contributed by atoms with Gasteiger partial charge in [0.05, 0.1) is 37.4 Å². The molecule has 0 unspecified atom stereocenters. The van der Waals surface area contributed by atoms with Gasteiger partial charge in [0.1, 0.15) is 6.10 Å². The summed E-state index contributed by atoms with van der Waals surface area (Å²) in [7, 11) is 3.52. The van der Waals surface area contributed by atoms with Crippen molar-refractivity contribution in [2.24, 2.45) is 23.7 Å². The summed E-state index contributed by atoms with van der Waals surface area (Å²) >= 11 is 0. The van der Waals surface area contributed by atoms with Crippen molar-refractivity contribution in [1.29, 1.82) is 0 Å². The lowest BCUT2D eigenvalue weighted by atomic mass is 9.85. The fourth-order valence-corrected chi connectivity index (χ4v) is 4.99. The van der Waals surface area contributed by atoms with Gasteiger partial charge in [0.2, 0.25) is 0 Å². The lowest BCUT2D eigenvalue weighted by Gasteiger charge is -2.35. The van der Waals surface area contributed by atoms with Crippen LogP contribution in [-0.2, 0) is 35.1 Å². The van der Waals surface area contributed by atoms with Crippen LogP contribution < -0.4 is 0 Å². The zero-order valence-corrected chi connectivity index (χ0v) is 25.6. The minimum atomic E-state index is -0.246. The summed E-state index contributed by atoms with van der Waals surface area (Å²) < 4.78 is 30.0. The van der Waals surface area contributed by atoms with Crippen LogP contribution in [0.2, 0.25) is 0 Å². The predicted octanol–water partition coefficient (Wildman–Crippen LogP) is 7.08. The summed E-state index contributed by atoms with van der Waals surface area (Å²) in [6.45, 7) is 16.5. The number of carbonyl (C=O) groups is 1. The van der Waals surface area contributed by atoms with E-state index in [-0.39, 0.29) is 48.1 Å². The van der Waals surface area contributed by atoms with Crippen molar-refractivity contribution >= 4 is 5.97 Å². The first-order valence-electron chi connectivity index (χ1n) is 14.7. The van der Waals surface area contributed by atoms with Crippen LogP contribution in [0.15, 0.2) is 30.3 Å². The van der Waals surface area contributed by atoms with Gasteiger partial charge in [-0.15, -0.1) is 0 Å². The summed E-state index contributed by atoms with van der Waals surface area (Å²) in [5.41, 5.74) is 1.15. The Morgan fingerprint density at radius 1 is 0.868 bits per heavy atom. The Hall–Kier alpha value is -1.47. The van der Waals surface area contributed by atoms with Crippen molar-refractivity contribution in [2.45, 2.75) is 112 Å². The molecule has 0 saturated carbocycles. The fourth-order valence-electron chi connectivity index (χ4n) is 4.99. The van der Waals surface area contributed by atoms with E-state index < -0.39 is 0 Å².